The molecule has 4 aliphatic carbocycles. The van der Waals surface area contributed by atoms with Crippen molar-refractivity contribution in [2.24, 2.45) is 5.92 Å². The number of alkyl halides is 3. The van der Waals surface area contributed by atoms with Gasteiger partial charge < -0.3 is 9.88 Å². The van der Waals surface area contributed by atoms with E-state index in [-0.39, 0.29) is 34.8 Å². The second-order valence-corrected chi connectivity index (χ2v) is 9.08. The molecule has 160 valence electrons. The molecule has 10 heteroatoms. The first-order valence-corrected chi connectivity index (χ1v) is 10.0. The van der Waals surface area contributed by atoms with Crippen LogP contribution >= 0.6 is 11.6 Å². The van der Waals surface area contributed by atoms with Gasteiger partial charge in [0, 0.05) is 23.2 Å². The summed E-state index contributed by atoms with van der Waals surface area (Å²) in [6.07, 6.45) is 0.388. The topological polar surface area (TPSA) is 56.2 Å². The first-order valence-electron chi connectivity index (χ1n) is 9.63. The number of rotatable bonds is 5. The zero-order valence-electron chi connectivity index (χ0n) is 15.7. The lowest BCUT2D eigenvalue weighted by atomic mass is 9.44. The third-order valence-corrected chi connectivity index (χ3v) is 6.81. The number of hydrogen-bond donors (Lipinski definition) is 1. The van der Waals surface area contributed by atoms with Crippen molar-refractivity contribution in [1.29, 1.82) is 0 Å². The summed E-state index contributed by atoms with van der Waals surface area (Å²) in [5, 5.41) is 3.07. The SMILES string of the molecule is O=C(NC12CC(n3cnc(-c4ccc(Cl)c(F)c4)c3)(C1)C2)[C@H]1C[C@@H](OC(F)(F)F)C1. The van der Waals surface area contributed by atoms with Crippen LogP contribution < -0.4 is 5.32 Å². The van der Waals surface area contributed by atoms with E-state index in [0.717, 1.165) is 19.3 Å². The van der Waals surface area contributed by atoms with Crippen LogP contribution in [0.15, 0.2) is 30.7 Å². The molecule has 0 unspecified atom stereocenters. The van der Waals surface area contributed by atoms with Crippen LogP contribution in [-0.2, 0) is 15.1 Å². The Morgan fingerprint density at radius 3 is 2.60 bits per heavy atom. The van der Waals surface area contributed by atoms with Crippen LogP contribution in [0.5, 0.6) is 0 Å². The zero-order valence-corrected chi connectivity index (χ0v) is 16.4. The molecule has 2 bridgehead atoms. The maximum absolute atomic E-state index is 13.7. The van der Waals surface area contributed by atoms with Gasteiger partial charge in [0.25, 0.3) is 0 Å². The number of nitrogens with one attached hydrogen (secondary N) is 1. The van der Waals surface area contributed by atoms with E-state index in [4.69, 9.17) is 11.6 Å². The van der Waals surface area contributed by atoms with Gasteiger partial charge in [-0.15, -0.1) is 13.2 Å². The number of carbonyl (C=O) groups is 1. The van der Waals surface area contributed by atoms with E-state index in [1.54, 1.807) is 12.4 Å². The van der Waals surface area contributed by atoms with E-state index in [0.29, 0.717) is 11.3 Å². The molecule has 30 heavy (non-hydrogen) atoms. The van der Waals surface area contributed by atoms with E-state index >= 15 is 0 Å². The largest absolute Gasteiger partial charge is 0.522 e. The first kappa shape index (κ1) is 19.8. The highest BCUT2D eigenvalue weighted by Gasteiger charge is 2.70. The Hall–Kier alpha value is -2.13. The lowest BCUT2D eigenvalue weighted by Crippen LogP contribution is -2.79. The van der Waals surface area contributed by atoms with Crippen LogP contribution in [0.1, 0.15) is 32.1 Å². The Balaban J connectivity index is 1.16. The molecule has 4 fully saturated rings. The van der Waals surface area contributed by atoms with Gasteiger partial charge >= 0.3 is 6.36 Å². The fraction of sp³-hybridized carbons (Fsp3) is 0.500. The molecule has 4 aliphatic rings. The van der Waals surface area contributed by atoms with Crippen molar-refractivity contribution in [3.8, 4) is 11.3 Å². The molecule has 1 aromatic heterocycles. The second-order valence-electron chi connectivity index (χ2n) is 8.67. The molecular weight excluding hydrogens is 426 g/mol. The molecular formula is C20H18ClF4N3O2. The summed E-state index contributed by atoms with van der Waals surface area (Å²) in [5.41, 5.74) is 0.860. The molecule has 1 N–H and O–H groups in total. The minimum atomic E-state index is -4.66. The van der Waals surface area contributed by atoms with Gasteiger partial charge in [-0.1, -0.05) is 17.7 Å². The summed E-state index contributed by atoms with van der Waals surface area (Å²) in [6.45, 7) is 0. The van der Waals surface area contributed by atoms with Crippen molar-refractivity contribution < 1.29 is 27.1 Å². The number of amides is 1. The fourth-order valence-electron chi connectivity index (χ4n) is 4.96. The first-order chi connectivity index (χ1) is 14.1. The van der Waals surface area contributed by atoms with E-state index in [2.05, 4.69) is 15.0 Å². The van der Waals surface area contributed by atoms with Gasteiger partial charge in [-0.05, 0) is 44.2 Å². The van der Waals surface area contributed by atoms with Crippen molar-refractivity contribution in [3.05, 3.63) is 41.6 Å². The average Bonchev–Trinajstić information content (AvgIpc) is 3.03. The highest BCUT2D eigenvalue weighted by molar-refractivity contribution is 6.30. The Labute approximate surface area is 174 Å². The molecule has 4 saturated carbocycles. The molecule has 1 heterocycles. The van der Waals surface area contributed by atoms with E-state index in [1.807, 2.05) is 10.8 Å². The van der Waals surface area contributed by atoms with E-state index < -0.39 is 24.2 Å². The lowest BCUT2D eigenvalue weighted by Gasteiger charge is -2.70. The minimum absolute atomic E-state index is 0.0537. The standard InChI is InChI=1S/C20H18ClF4N3O2/c21-14-2-1-11(5-15(14)22)16-6-28(10-26-16)19-7-18(8-19,9-19)27-17(29)12-3-13(4-12)30-20(23,24)25/h1-2,5-6,10,12-13H,3-4,7-9H2,(H,27,29)/t12-,13+,18?,19?. The maximum Gasteiger partial charge on any atom is 0.522 e. The second kappa shape index (κ2) is 6.43. The Morgan fingerprint density at radius 2 is 1.97 bits per heavy atom. The Bertz CT molecular complexity index is 996. The Morgan fingerprint density at radius 1 is 1.27 bits per heavy atom. The van der Waals surface area contributed by atoms with Crippen LogP contribution in [0, 0.1) is 11.7 Å². The predicted molar refractivity (Wildman–Crippen MR) is 99.0 cm³/mol. The monoisotopic (exact) mass is 443 g/mol. The van der Waals surface area contributed by atoms with E-state index in [9.17, 15) is 22.4 Å². The maximum atomic E-state index is 13.7. The summed E-state index contributed by atoms with van der Waals surface area (Å²) in [7, 11) is 0. The van der Waals surface area contributed by atoms with Gasteiger partial charge in [0.15, 0.2) is 0 Å². The number of ether oxygens (including phenoxy) is 1. The number of imidazole rings is 1. The van der Waals surface area contributed by atoms with Crippen molar-refractivity contribution in [3.63, 3.8) is 0 Å². The quantitative estimate of drug-likeness (QED) is 0.697. The third kappa shape index (κ3) is 3.28. The summed E-state index contributed by atoms with van der Waals surface area (Å²) >= 11 is 5.72. The molecule has 1 aromatic carbocycles. The molecule has 2 aromatic rings. The van der Waals surface area contributed by atoms with Crippen LogP contribution in [0.4, 0.5) is 17.6 Å². The lowest BCUT2D eigenvalue weighted by molar-refractivity contribution is -0.353. The van der Waals surface area contributed by atoms with Crippen LogP contribution in [0.2, 0.25) is 5.02 Å². The van der Waals surface area contributed by atoms with Crippen LogP contribution in [-0.4, -0.2) is 33.5 Å². The summed E-state index contributed by atoms with van der Waals surface area (Å²) in [6, 6.07) is 4.53. The average molecular weight is 444 g/mol. The summed E-state index contributed by atoms with van der Waals surface area (Å²) in [4.78, 5) is 16.7. The minimum Gasteiger partial charge on any atom is -0.350 e. The smallest absolute Gasteiger partial charge is 0.350 e. The van der Waals surface area contributed by atoms with Gasteiger partial charge in [-0.2, -0.15) is 0 Å². The fourth-order valence-corrected chi connectivity index (χ4v) is 5.07. The number of nitrogens with zero attached hydrogens (tertiary/aromatic N) is 2. The number of aromatic nitrogens is 2. The van der Waals surface area contributed by atoms with Crippen molar-refractivity contribution in [1.82, 2.24) is 14.9 Å². The molecule has 0 aliphatic heterocycles. The van der Waals surface area contributed by atoms with Crippen LogP contribution in [0.25, 0.3) is 11.3 Å². The summed E-state index contributed by atoms with van der Waals surface area (Å²) < 4.78 is 56.2. The van der Waals surface area contributed by atoms with Crippen molar-refractivity contribution >= 4 is 17.5 Å². The molecule has 5 nitrogen and oxygen atoms in total. The normalized spacial score (nSPS) is 32.0. The number of carbonyl (C=O) groups excluding carboxylic acids is 1. The molecule has 0 saturated heterocycles. The summed E-state index contributed by atoms with van der Waals surface area (Å²) in [5.74, 6) is -1.13. The Kier molecular flexibility index (Phi) is 4.25. The molecule has 0 radical (unpaired) electrons. The highest BCUT2D eigenvalue weighted by Crippen LogP contribution is 2.65. The highest BCUT2D eigenvalue weighted by atomic mass is 35.5. The zero-order chi connectivity index (χ0) is 21.3. The number of benzene rings is 1. The van der Waals surface area contributed by atoms with E-state index in [1.165, 1.54) is 12.1 Å². The molecule has 0 spiro atoms. The molecule has 0 atom stereocenters. The van der Waals surface area contributed by atoms with Gasteiger partial charge in [-0.3, -0.25) is 9.53 Å². The predicted octanol–water partition coefficient (Wildman–Crippen LogP) is 4.41. The van der Waals surface area contributed by atoms with Gasteiger partial charge in [-0.25, -0.2) is 9.37 Å². The van der Waals surface area contributed by atoms with Gasteiger partial charge in [0.2, 0.25) is 5.91 Å². The van der Waals surface area contributed by atoms with Crippen molar-refractivity contribution in [2.75, 3.05) is 0 Å². The van der Waals surface area contributed by atoms with Gasteiger partial charge in [0.1, 0.15) is 5.82 Å². The van der Waals surface area contributed by atoms with Crippen molar-refractivity contribution in [2.45, 2.75) is 55.6 Å². The molecule has 6 rings (SSSR count). The van der Waals surface area contributed by atoms with Crippen LogP contribution in [0.3, 0.4) is 0 Å². The number of hydrogen-bond acceptors (Lipinski definition) is 3. The van der Waals surface area contributed by atoms with Gasteiger partial charge in [0.05, 0.1) is 28.7 Å². The third-order valence-electron chi connectivity index (χ3n) is 6.50. The molecule has 1 amide bonds. The number of halogens is 5.